The number of carbonyl (C=O) groups is 1. The van der Waals surface area contributed by atoms with Gasteiger partial charge in [-0.05, 0) is 35.8 Å². The van der Waals surface area contributed by atoms with Crippen molar-refractivity contribution in [3.8, 4) is 10.7 Å². The van der Waals surface area contributed by atoms with Gasteiger partial charge < -0.3 is 5.32 Å². The Morgan fingerprint density at radius 3 is 2.70 bits per heavy atom. The van der Waals surface area contributed by atoms with Gasteiger partial charge >= 0.3 is 0 Å². The summed E-state index contributed by atoms with van der Waals surface area (Å²) in [6.45, 7) is 0.421. The molecule has 7 nitrogen and oxygen atoms in total. The molecule has 3 rings (SSSR count). The molecule has 0 bridgehead atoms. The van der Waals surface area contributed by atoms with Crippen LogP contribution in [-0.2, 0) is 21.2 Å². The predicted molar refractivity (Wildman–Crippen MR) is 107 cm³/mol. The largest absolute Gasteiger partial charge is 0.355 e. The topological polar surface area (TPSA) is 96.8 Å². The fraction of sp³-hybridized carbons (Fsp3) is 0.235. The Bertz CT molecular complexity index is 1050. The summed E-state index contributed by atoms with van der Waals surface area (Å²) in [5.74, 6) is 0.307. The van der Waals surface area contributed by atoms with Crippen molar-refractivity contribution in [1.82, 2.24) is 20.1 Å². The van der Waals surface area contributed by atoms with Gasteiger partial charge in [-0.3, -0.25) is 14.5 Å². The second kappa shape index (κ2) is 8.59. The molecule has 27 heavy (non-hydrogen) atoms. The van der Waals surface area contributed by atoms with E-state index in [1.54, 1.807) is 34.9 Å². The zero-order valence-electron chi connectivity index (χ0n) is 14.3. The number of aromatic amines is 1. The highest BCUT2D eigenvalue weighted by Gasteiger charge is 2.15. The Morgan fingerprint density at radius 2 is 2.00 bits per heavy atom. The number of nitrogens with zero attached hydrogens (tertiary/aromatic N) is 2. The normalized spacial score (nSPS) is 11.4. The second-order valence-corrected chi connectivity index (χ2v) is 9.16. The highest BCUT2D eigenvalue weighted by molar-refractivity contribution is 7.91. The summed E-state index contributed by atoms with van der Waals surface area (Å²) in [5.41, 5.74) is 0. The Morgan fingerprint density at radius 1 is 1.22 bits per heavy atom. The SMILES string of the molecule is O=C(CCn1c(-c2cccs2)n[nH]c1=S)NCCS(=O)(=O)c1ccccc1. The van der Waals surface area contributed by atoms with Crippen molar-refractivity contribution in [2.24, 2.45) is 0 Å². The van der Waals surface area contributed by atoms with Crippen LogP contribution in [0.25, 0.3) is 10.7 Å². The van der Waals surface area contributed by atoms with Crippen molar-refractivity contribution in [2.45, 2.75) is 17.9 Å². The average Bonchev–Trinajstić information content (AvgIpc) is 3.30. The number of benzene rings is 1. The minimum absolute atomic E-state index is 0.0601. The van der Waals surface area contributed by atoms with Crippen molar-refractivity contribution in [3.63, 3.8) is 0 Å². The van der Waals surface area contributed by atoms with Gasteiger partial charge in [-0.1, -0.05) is 24.3 Å². The summed E-state index contributed by atoms with van der Waals surface area (Å²) >= 11 is 6.76. The number of rotatable bonds is 8. The van der Waals surface area contributed by atoms with Gasteiger partial charge in [0.05, 0.1) is 15.5 Å². The molecule has 142 valence electrons. The first-order valence-corrected chi connectivity index (χ1v) is 11.1. The average molecular weight is 423 g/mol. The maximum Gasteiger partial charge on any atom is 0.221 e. The number of hydrogen-bond acceptors (Lipinski definition) is 6. The third-order valence-electron chi connectivity index (χ3n) is 3.86. The van der Waals surface area contributed by atoms with Gasteiger partial charge in [0, 0.05) is 19.5 Å². The molecule has 0 unspecified atom stereocenters. The Kier molecular flexibility index (Phi) is 6.19. The minimum Gasteiger partial charge on any atom is -0.355 e. The highest BCUT2D eigenvalue weighted by atomic mass is 32.2. The van der Waals surface area contributed by atoms with Crippen LogP contribution >= 0.6 is 23.6 Å². The first kappa shape index (κ1) is 19.5. The van der Waals surface area contributed by atoms with E-state index in [2.05, 4.69) is 15.5 Å². The molecule has 1 amide bonds. The zero-order valence-corrected chi connectivity index (χ0v) is 16.7. The van der Waals surface area contributed by atoms with Crippen LogP contribution < -0.4 is 5.32 Å². The van der Waals surface area contributed by atoms with Gasteiger partial charge in [0.25, 0.3) is 0 Å². The monoisotopic (exact) mass is 422 g/mol. The van der Waals surface area contributed by atoms with E-state index in [0.717, 1.165) is 4.88 Å². The van der Waals surface area contributed by atoms with Crippen LogP contribution in [0, 0.1) is 4.77 Å². The van der Waals surface area contributed by atoms with Gasteiger partial charge in [0.2, 0.25) is 5.91 Å². The molecule has 10 heteroatoms. The van der Waals surface area contributed by atoms with Crippen molar-refractivity contribution < 1.29 is 13.2 Å². The van der Waals surface area contributed by atoms with Gasteiger partial charge in [0.15, 0.2) is 20.4 Å². The molecule has 0 atom stereocenters. The first-order valence-electron chi connectivity index (χ1n) is 8.21. The molecule has 1 aromatic carbocycles. The van der Waals surface area contributed by atoms with Crippen LogP contribution in [0.15, 0.2) is 52.7 Å². The quantitative estimate of drug-likeness (QED) is 0.544. The standard InChI is InChI=1S/C17H18N4O3S3/c22-15(18-9-12-27(23,24)13-5-2-1-3-6-13)8-10-21-16(19-20-17(21)25)14-7-4-11-26-14/h1-7,11H,8-10,12H2,(H,18,22)(H,20,25). The summed E-state index contributed by atoms with van der Waals surface area (Å²) in [6, 6.07) is 12.0. The number of nitrogens with one attached hydrogen (secondary N) is 2. The van der Waals surface area contributed by atoms with E-state index < -0.39 is 9.84 Å². The fourth-order valence-corrected chi connectivity index (χ4v) is 4.62. The van der Waals surface area contributed by atoms with Crippen LogP contribution in [0.5, 0.6) is 0 Å². The lowest BCUT2D eigenvalue weighted by Gasteiger charge is -2.08. The predicted octanol–water partition coefficient (Wildman–Crippen LogP) is 2.65. The summed E-state index contributed by atoms with van der Waals surface area (Å²) in [5, 5.41) is 11.5. The molecule has 2 N–H and O–H groups in total. The molecule has 0 fully saturated rings. The Labute approximate surface area is 166 Å². The maximum absolute atomic E-state index is 12.2. The zero-order chi connectivity index (χ0) is 19.3. The lowest BCUT2D eigenvalue weighted by molar-refractivity contribution is -0.121. The van der Waals surface area contributed by atoms with E-state index in [1.165, 1.54) is 11.3 Å². The van der Waals surface area contributed by atoms with E-state index in [1.807, 2.05) is 17.5 Å². The summed E-state index contributed by atoms with van der Waals surface area (Å²) in [6.07, 6.45) is 0.178. The van der Waals surface area contributed by atoms with Crippen LogP contribution in [0.2, 0.25) is 0 Å². The van der Waals surface area contributed by atoms with Gasteiger partial charge in [-0.2, -0.15) is 5.10 Å². The summed E-state index contributed by atoms with van der Waals surface area (Å²) in [7, 11) is -3.41. The second-order valence-electron chi connectivity index (χ2n) is 5.71. The number of hydrogen-bond donors (Lipinski definition) is 2. The maximum atomic E-state index is 12.2. The third-order valence-corrected chi connectivity index (χ3v) is 6.77. The number of thiophene rings is 1. The van der Waals surface area contributed by atoms with Crippen molar-refractivity contribution in [2.75, 3.05) is 12.3 Å². The molecule has 2 aromatic heterocycles. The van der Waals surface area contributed by atoms with Gasteiger partial charge in [0.1, 0.15) is 0 Å². The molecule has 0 aliphatic carbocycles. The van der Waals surface area contributed by atoms with Crippen molar-refractivity contribution in [3.05, 3.63) is 52.6 Å². The first-order chi connectivity index (χ1) is 13.0. The fourth-order valence-electron chi connectivity index (χ4n) is 2.49. The summed E-state index contributed by atoms with van der Waals surface area (Å²) in [4.78, 5) is 13.3. The molecule has 2 heterocycles. The molecule has 0 saturated carbocycles. The molecule has 3 aromatic rings. The van der Waals surface area contributed by atoms with Crippen molar-refractivity contribution in [1.29, 1.82) is 0 Å². The summed E-state index contributed by atoms with van der Waals surface area (Å²) < 4.78 is 26.6. The molecule has 0 aliphatic rings. The molecule has 0 spiro atoms. The number of H-pyrrole nitrogens is 1. The molecule has 0 radical (unpaired) electrons. The lowest BCUT2D eigenvalue weighted by Crippen LogP contribution is -2.29. The third kappa shape index (κ3) is 4.90. The highest BCUT2D eigenvalue weighted by Crippen LogP contribution is 2.22. The van der Waals surface area contributed by atoms with E-state index >= 15 is 0 Å². The van der Waals surface area contributed by atoms with Crippen molar-refractivity contribution >= 4 is 39.3 Å². The number of carbonyl (C=O) groups excluding carboxylic acids is 1. The van der Waals surface area contributed by atoms with Gasteiger partial charge in [-0.25, -0.2) is 8.42 Å². The van der Waals surface area contributed by atoms with Crippen LogP contribution in [0.1, 0.15) is 6.42 Å². The minimum atomic E-state index is -3.41. The Hall–Kier alpha value is -2.30. The van der Waals surface area contributed by atoms with Crippen LogP contribution in [0.4, 0.5) is 0 Å². The molecular weight excluding hydrogens is 404 g/mol. The molecule has 0 saturated heterocycles. The van der Waals surface area contributed by atoms with Gasteiger partial charge in [-0.15, -0.1) is 11.3 Å². The van der Waals surface area contributed by atoms with E-state index in [0.29, 0.717) is 17.1 Å². The number of aromatic nitrogens is 3. The van der Waals surface area contributed by atoms with Crippen LogP contribution in [-0.4, -0.2) is 41.4 Å². The van der Waals surface area contributed by atoms with Crippen LogP contribution in [0.3, 0.4) is 0 Å². The Balaban J connectivity index is 1.53. The van der Waals surface area contributed by atoms with E-state index in [-0.39, 0.29) is 29.5 Å². The number of sulfone groups is 1. The van der Waals surface area contributed by atoms with E-state index in [4.69, 9.17) is 12.2 Å². The number of amides is 1. The van der Waals surface area contributed by atoms with E-state index in [9.17, 15) is 13.2 Å². The lowest BCUT2D eigenvalue weighted by atomic mass is 10.3. The smallest absolute Gasteiger partial charge is 0.221 e. The molecular formula is C17H18N4O3S3. The molecule has 0 aliphatic heterocycles.